The van der Waals surface area contributed by atoms with Gasteiger partial charge in [0.25, 0.3) is 0 Å². The van der Waals surface area contributed by atoms with Crippen molar-refractivity contribution in [1.82, 2.24) is 0 Å². The van der Waals surface area contributed by atoms with E-state index in [4.69, 9.17) is 0 Å². The van der Waals surface area contributed by atoms with Crippen LogP contribution >= 0.6 is 0 Å². The van der Waals surface area contributed by atoms with Gasteiger partial charge >= 0.3 is 0 Å². The van der Waals surface area contributed by atoms with Crippen LogP contribution in [0, 0.1) is 27.7 Å². The van der Waals surface area contributed by atoms with E-state index in [1.54, 1.807) is 0 Å². The number of benzene rings is 4. The Hall–Kier alpha value is -4.32. The summed E-state index contributed by atoms with van der Waals surface area (Å²) in [6.07, 6.45) is 1.05. The zero-order valence-corrected chi connectivity index (χ0v) is 21.4. The molecular weight excluding hydrogens is 468 g/mol. The van der Waals surface area contributed by atoms with Gasteiger partial charge in [0.2, 0.25) is 0 Å². The first-order chi connectivity index (χ1) is 17.4. The second-order valence-corrected chi connectivity index (χ2v) is 9.93. The third-order valence-electron chi connectivity index (χ3n) is 6.83. The number of aryl methyl sites for hydroxylation is 4. The molecule has 37 heavy (non-hydrogen) atoms. The molecule has 0 amide bonds. The highest BCUT2D eigenvalue weighted by atomic mass is 16.3. The van der Waals surface area contributed by atoms with E-state index in [1.165, 1.54) is 24.3 Å². The molecule has 0 bridgehead atoms. The fourth-order valence-corrected chi connectivity index (χ4v) is 4.85. The van der Waals surface area contributed by atoms with Crippen LogP contribution in [0.1, 0.15) is 55.6 Å². The van der Waals surface area contributed by atoms with Crippen LogP contribution in [0.15, 0.2) is 48.5 Å². The van der Waals surface area contributed by atoms with E-state index < -0.39 is 0 Å². The second kappa shape index (κ2) is 9.97. The lowest BCUT2D eigenvalue weighted by molar-refractivity contribution is 0.402. The Morgan fingerprint density at radius 3 is 0.973 bits per heavy atom. The van der Waals surface area contributed by atoms with Crippen LogP contribution in [0.25, 0.3) is 0 Å². The van der Waals surface area contributed by atoms with E-state index in [9.17, 15) is 30.6 Å². The van der Waals surface area contributed by atoms with Crippen LogP contribution in [0.2, 0.25) is 0 Å². The third kappa shape index (κ3) is 5.43. The zero-order valence-electron chi connectivity index (χ0n) is 21.4. The van der Waals surface area contributed by atoms with E-state index in [0.29, 0.717) is 41.5 Å². The van der Waals surface area contributed by atoms with Gasteiger partial charge < -0.3 is 30.6 Å². The smallest absolute Gasteiger partial charge is 0.157 e. The standard InChI is InChI=1S/C31H32O6/c1-16-5-22(11-20-14-28(34)26(32)9-18(20)3)30(36)24(7-16)13-25-8-17(2)6-23(31(25)37)12-21-15-29(35)27(33)10-19(21)4/h5-10,14-15,32-37H,11-13H2,1-4H3. The van der Waals surface area contributed by atoms with Gasteiger partial charge in [-0.25, -0.2) is 0 Å². The first-order valence-electron chi connectivity index (χ1n) is 12.1. The van der Waals surface area contributed by atoms with Gasteiger partial charge in [-0.2, -0.15) is 0 Å². The summed E-state index contributed by atoms with van der Waals surface area (Å²) in [5.41, 5.74) is 7.78. The molecule has 0 atom stereocenters. The number of rotatable bonds is 6. The molecule has 4 aromatic carbocycles. The predicted molar refractivity (Wildman–Crippen MR) is 143 cm³/mol. The summed E-state index contributed by atoms with van der Waals surface area (Å²) < 4.78 is 0. The summed E-state index contributed by atoms with van der Waals surface area (Å²) in [5.74, 6) is -0.527. The van der Waals surface area contributed by atoms with Crippen LogP contribution in [0.4, 0.5) is 0 Å². The summed E-state index contributed by atoms with van der Waals surface area (Å²) in [6, 6.07) is 13.6. The van der Waals surface area contributed by atoms with Gasteiger partial charge in [-0.3, -0.25) is 0 Å². The number of aromatic hydroxyl groups is 6. The zero-order chi connectivity index (χ0) is 27.0. The highest BCUT2D eigenvalue weighted by Crippen LogP contribution is 2.36. The molecule has 4 aromatic rings. The van der Waals surface area contributed by atoms with Crippen molar-refractivity contribution in [2.45, 2.75) is 47.0 Å². The fraction of sp³-hybridized carbons (Fsp3) is 0.226. The van der Waals surface area contributed by atoms with E-state index in [-0.39, 0.29) is 34.5 Å². The van der Waals surface area contributed by atoms with Crippen molar-refractivity contribution in [1.29, 1.82) is 0 Å². The molecule has 0 aliphatic rings. The molecule has 0 radical (unpaired) electrons. The molecule has 0 saturated heterocycles. The topological polar surface area (TPSA) is 121 Å². The Bertz CT molecular complexity index is 1390. The Labute approximate surface area is 216 Å². The predicted octanol–water partition coefficient (Wildman–Crippen LogP) is 5.93. The summed E-state index contributed by atoms with van der Waals surface area (Å²) in [7, 11) is 0. The van der Waals surface area contributed by atoms with Crippen molar-refractivity contribution in [3.05, 3.63) is 104 Å². The van der Waals surface area contributed by atoms with Crippen molar-refractivity contribution >= 4 is 0 Å². The minimum absolute atomic E-state index is 0.124. The quantitative estimate of drug-likeness (QED) is 0.183. The maximum atomic E-state index is 11.2. The maximum absolute atomic E-state index is 11.2. The van der Waals surface area contributed by atoms with Crippen molar-refractivity contribution < 1.29 is 30.6 Å². The maximum Gasteiger partial charge on any atom is 0.157 e. The van der Waals surface area contributed by atoms with Crippen molar-refractivity contribution in [2.75, 3.05) is 0 Å². The Morgan fingerprint density at radius 1 is 0.378 bits per heavy atom. The first kappa shape index (κ1) is 25.8. The lowest BCUT2D eigenvalue weighted by Gasteiger charge is -2.16. The molecule has 0 saturated carbocycles. The molecule has 0 heterocycles. The van der Waals surface area contributed by atoms with Crippen molar-refractivity contribution in [2.24, 2.45) is 0 Å². The van der Waals surface area contributed by atoms with Crippen molar-refractivity contribution in [3.8, 4) is 34.5 Å². The SMILES string of the molecule is Cc1cc(Cc2cc(O)c(O)cc2C)c(O)c(Cc2cc(C)cc(Cc3cc(O)c(O)cc3C)c2O)c1. The van der Waals surface area contributed by atoms with Crippen LogP contribution < -0.4 is 0 Å². The Morgan fingerprint density at radius 2 is 0.649 bits per heavy atom. The van der Waals surface area contributed by atoms with Crippen LogP contribution in [-0.4, -0.2) is 30.6 Å². The summed E-state index contributed by atoms with van der Waals surface area (Å²) in [6.45, 7) is 7.55. The van der Waals surface area contributed by atoms with Gasteiger partial charge in [0, 0.05) is 19.3 Å². The van der Waals surface area contributed by atoms with Crippen LogP contribution in [0.3, 0.4) is 0 Å². The molecule has 6 nitrogen and oxygen atoms in total. The Balaban J connectivity index is 1.69. The van der Waals surface area contributed by atoms with Gasteiger partial charge in [-0.05, 0) is 96.5 Å². The number of hydrogen-bond donors (Lipinski definition) is 6. The van der Waals surface area contributed by atoms with E-state index in [1.807, 2.05) is 52.0 Å². The first-order valence-corrected chi connectivity index (χ1v) is 12.1. The average molecular weight is 501 g/mol. The highest BCUT2D eigenvalue weighted by Gasteiger charge is 2.17. The largest absolute Gasteiger partial charge is 0.507 e. The molecule has 0 spiro atoms. The molecule has 192 valence electrons. The molecule has 6 N–H and O–H groups in total. The lowest BCUT2D eigenvalue weighted by Crippen LogP contribution is -2.00. The normalized spacial score (nSPS) is 11.1. The fourth-order valence-electron chi connectivity index (χ4n) is 4.85. The summed E-state index contributed by atoms with van der Waals surface area (Å²) in [4.78, 5) is 0. The van der Waals surface area contributed by atoms with E-state index in [2.05, 4.69) is 0 Å². The van der Waals surface area contributed by atoms with Gasteiger partial charge in [-0.1, -0.05) is 35.4 Å². The minimum atomic E-state index is -0.206. The van der Waals surface area contributed by atoms with Gasteiger partial charge in [0.05, 0.1) is 0 Å². The average Bonchev–Trinajstić information content (AvgIpc) is 2.81. The number of hydrogen-bond acceptors (Lipinski definition) is 6. The lowest BCUT2D eigenvalue weighted by atomic mass is 9.91. The van der Waals surface area contributed by atoms with Crippen LogP contribution in [-0.2, 0) is 19.3 Å². The molecule has 0 aliphatic heterocycles. The molecule has 0 unspecified atom stereocenters. The van der Waals surface area contributed by atoms with E-state index >= 15 is 0 Å². The molecule has 0 fully saturated rings. The molecule has 0 aliphatic carbocycles. The Kier molecular flexibility index (Phi) is 6.94. The minimum Gasteiger partial charge on any atom is -0.507 e. The van der Waals surface area contributed by atoms with Gasteiger partial charge in [-0.15, -0.1) is 0 Å². The molecular formula is C31H32O6. The summed E-state index contributed by atoms with van der Waals surface area (Å²) in [5, 5.41) is 61.7. The molecule has 4 rings (SSSR count). The van der Waals surface area contributed by atoms with Gasteiger partial charge in [0.1, 0.15) is 11.5 Å². The number of phenolic OH excluding ortho intramolecular Hbond substituents is 6. The monoisotopic (exact) mass is 500 g/mol. The second-order valence-electron chi connectivity index (χ2n) is 9.93. The molecule has 0 aromatic heterocycles. The van der Waals surface area contributed by atoms with Gasteiger partial charge in [0.15, 0.2) is 23.0 Å². The van der Waals surface area contributed by atoms with Crippen LogP contribution in [0.5, 0.6) is 34.5 Å². The summed E-state index contributed by atoms with van der Waals surface area (Å²) >= 11 is 0. The third-order valence-corrected chi connectivity index (χ3v) is 6.83. The van der Waals surface area contributed by atoms with Crippen molar-refractivity contribution in [3.63, 3.8) is 0 Å². The van der Waals surface area contributed by atoms with E-state index in [0.717, 1.165) is 33.4 Å². The number of phenols is 6. The highest BCUT2D eigenvalue weighted by molar-refractivity contribution is 5.55. The molecule has 6 heteroatoms.